The molecule has 0 amide bonds. The zero-order chi connectivity index (χ0) is 16.5. The van der Waals surface area contributed by atoms with E-state index in [0.29, 0.717) is 24.6 Å². The van der Waals surface area contributed by atoms with Gasteiger partial charge in [0.1, 0.15) is 17.8 Å². The molecule has 0 spiro atoms. The van der Waals surface area contributed by atoms with Crippen LogP contribution in [0.1, 0.15) is 22.6 Å². The molecule has 122 valence electrons. The van der Waals surface area contributed by atoms with E-state index >= 15 is 0 Å². The number of fused-ring (bicyclic) bond motifs is 1. The molecule has 7 nitrogen and oxygen atoms in total. The molecule has 4 rings (SSSR count). The number of aromatic nitrogens is 6. The zero-order valence-corrected chi connectivity index (χ0v) is 13.2. The van der Waals surface area contributed by atoms with E-state index in [1.165, 1.54) is 16.3 Å². The Hall–Kier alpha value is -2.74. The maximum Gasteiger partial charge on any atom is 0.170 e. The fraction of sp³-hybridized carbons (Fsp3) is 0.312. The van der Waals surface area contributed by atoms with Gasteiger partial charge in [-0.2, -0.15) is 4.68 Å². The number of aryl methyl sites for hydroxylation is 1. The summed E-state index contributed by atoms with van der Waals surface area (Å²) < 4.78 is 15.6. The number of nitrogens with zero attached hydrogens (tertiary/aromatic N) is 7. The van der Waals surface area contributed by atoms with Gasteiger partial charge in [-0.25, -0.2) is 14.4 Å². The Morgan fingerprint density at radius 3 is 3.12 bits per heavy atom. The molecule has 1 aromatic carbocycles. The van der Waals surface area contributed by atoms with Crippen LogP contribution in [0.4, 0.5) is 4.39 Å². The predicted molar refractivity (Wildman–Crippen MR) is 83.7 cm³/mol. The number of benzene rings is 1. The van der Waals surface area contributed by atoms with Gasteiger partial charge in [0.25, 0.3) is 0 Å². The summed E-state index contributed by atoms with van der Waals surface area (Å²) in [5, 5.41) is 11.8. The van der Waals surface area contributed by atoms with Crippen LogP contribution in [0.2, 0.25) is 0 Å². The summed E-state index contributed by atoms with van der Waals surface area (Å²) in [6, 6.07) is 4.91. The molecular formula is C16H16FN7. The molecule has 2 aromatic heterocycles. The molecule has 0 fully saturated rings. The van der Waals surface area contributed by atoms with Crippen LogP contribution in [-0.2, 0) is 19.5 Å². The normalized spacial score (nSPS) is 14.6. The van der Waals surface area contributed by atoms with Gasteiger partial charge in [0, 0.05) is 19.3 Å². The Morgan fingerprint density at radius 2 is 2.21 bits per heavy atom. The van der Waals surface area contributed by atoms with Crippen molar-refractivity contribution in [2.24, 2.45) is 0 Å². The lowest BCUT2D eigenvalue weighted by Gasteiger charge is -2.26. The van der Waals surface area contributed by atoms with E-state index in [1.54, 1.807) is 18.5 Å². The fourth-order valence-electron chi connectivity index (χ4n) is 2.92. The summed E-state index contributed by atoms with van der Waals surface area (Å²) in [7, 11) is 0. The highest BCUT2D eigenvalue weighted by molar-refractivity contribution is 5.36. The molecule has 3 aromatic rings. The zero-order valence-electron chi connectivity index (χ0n) is 13.2. The second-order valence-corrected chi connectivity index (χ2v) is 5.92. The van der Waals surface area contributed by atoms with Crippen molar-refractivity contribution in [1.29, 1.82) is 0 Å². The molecule has 0 saturated carbocycles. The number of rotatable bonds is 3. The molecule has 24 heavy (non-hydrogen) atoms. The highest BCUT2D eigenvalue weighted by Gasteiger charge is 2.21. The highest BCUT2D eigenvalue weighted by atomic mass is 19.1. The quantitative estimate of drug-likeness (QED) is 0.726. The van der Waals surface area contributed by atoms with E-state index in [0.717, 1.165) is 24.2 Å². The van der Waals surface area contributed by atoms with Crippen LogP contribution < -0.4 is 0 Å². The van der Waals surface area contributed by atoms with Gasteiger partial charge >= 0.3 is 0 Å². The molecule has 0 saturated heterocycles. The van der Waals surface area contributed by atoms with Gasteiger partial charge in [-0.3, -0.25) is 4.90 Å². The van der Waals surface area contributed by atoms with E-state index in [9.17, 15) is 4.39 Å². The Kier molecular flexibility index (Phi) is 3.73. The average Bonchev–Trinajstić information content (AvgIpc) is 3.05. The summed E-state index contributed by atoms with van der Waals surface area (Å²) in [6.07, 6.45) is 4.32. The number of hydrogen-bond acceptors (Lipinski definition) is 6. The van der Waals surface area contributed by atoms with Crippen molar-refractivity contribution in [2.45, 2.75) is 26.4 Å². The Labute approximate surface area is 138 Å². The Morgan fingerprint density at radius 1 is 1.29 bits per heavy atom. The van der Waals surface area contributed by atoms with Crippen LogP contribution >= 0.6 is 0 Å². The summed E-state index contributed by atoms with van der Waals surface area (Å²) in [5.41, 5.74) is 3.53. The second kappa shape index (κ2) is 6.04. The van der Waals surface area contributed by atoms with Crippen molar-refractivity contribution in [3.05, 3.63) is 59.2 Å². The molecule has 3 heterocycles. The predicted octanol–water partition coefficient (Wildman–Crippen LogP) is 1.46. The molecule has 0 unspecified atom stereocenters. The summed E-state index contributed by atoms with van der Waals surface area (Å²) >= 11 is 0. The molecule has 0 atom stereocenters. The van der Waals surface area contributed by atoms with Gasteiger partial charge in [0.2, 0.25) is 0 Å². The van der Waals surface area contributed by atoms with Crippen molar-refractivity contribution in [3.63, 3.8) is 0 Å². The van der Waals surface area contributed by atoms with Gasteiger partial charge in [0.15, 0.2) is 5.82 Å². The lowest BCUT2D eigenvalue weighted by Crippen LogP contribution is -2.32. The van der Waals surface area contributed by atoms with Crippen molar-refractivity contribution in [1.82, 2.24) is 35.1 Å². The van der Waals surface area contributed by atoms with Crippen LogP contribution in [0.3, 0.4) is 0 Å². The molecule has 1 aliphatic rings. The largest absolute Gasteiger partial charge is 0.290 e. The molecule has 1 aliphatic heterocycles. The summed E-state index contributed by atoms with van der Waals surface area (Å²) in [6.45, 7) is 4.02. The van der Waals surface area contributed by atoms with E-state index < -0.39 is 0 Å². The molecule has 0 bridgehead atoms. The highest BCUT2D eigenvalue weighted by Crippen LogP contribution is 2.19. The van der Waals surface area contributed by atoms with Crippen molar-refractivity contribution >= 4 is 0 Å². The minimum atomic E-state index is -0.342. The number of hydrogen-bond donors (Lipinski definition) is 0. The third-order valence-corrected chi connectivity index (χ3v) is 4.18. The van der Waals surface area contributed by atoms with E-state index in [4.69, 9.17) is 0 Å². The van der Waals surface area contributed by atoms with Crippen LogP contribution in [0.25, 0.3) is 5.69 Å². The summed E-state index contributed by atoms with van der Waals surface area (Å²) in [5.74, 6) is 0.267. The monoisotopic (exact) mass is 325 g/mol. The summed E-state index contributed by atoms with van der Waals surface area (Å²) in [4.78, 5) is 10.6. The van der Waals surface area contributed by atoms with Crippen molar-refractivity contribution in [3.8, 4) is 5.69 Å². The van der Waals surface area contributed by atoms with Crippen LogP contribution in [0, 0.1) is 12.7 Å². The first-order chi connectivity index (χ1) is 11.7. The average molecular weight is 325 g/mol. The molecule has 0 N–H and O–H groups in total. The SMILES string of the molecule is Cc1ccc(F)c(-n2nnnc2CN2CCc3cncnc3C2)c1. The Balaban J connectivity index is 1.59. The second-order valence-electron chi connectivity index (χ2n) is 5.92. The van der Waals surface area contributed by atoms with Gasteiger partial charge in [-0.15, -0.1) is 5.10 Å². The molecule has 0 aliphatic carbocycles. The first-order valence-electron chi connectivity index (χ1n) is 7.74. The molecule has 8 heteroatoms. The number of halogens is 1. The van der Waals surface area contributed by atoms with Crippen LogP contribution in [0.5, 0.6) is 0 Å². The third-order valence-electron chi connectivity index (χ3n) is 4.18. The first kappa shape index (κ1) is 14.8. The maximum atomic E-state index is 14.1. The van der Waals surface area contributed by atoms with Crippen LogP contribution in [0.15, 0.2) is 30.7 Å². The van der Waals surface area contributed by atoms with Gasteiger partial charge in [0.05, 0.1) is 12.2 Å². The maximum absolute atomic E-state index is 14.1. The first-order valence-corrected chi connectivity index (χ1v) is 7.74. The van der Waals surface area contributed by atoms with Crippen molar-refractivity contribution in [2.75, 3.05) is 6.54 Å². The van der Waals surface area contributed by atoms with E-state index in [1.807, 2.05) is 13.1 Å². The molecule has 0 radical (unpaired) electrons. The topological polar surface area (TPSA) is 72.6 Å². The van der Waals surface area contributed by atoms with Gasteiger partial charge in [-0.1, -0.05) is 6.07 Å². The van der Waals surface area contributed by atoms with Crippen LogP contribution in [-0.4, -0.2) is 41.6 Å². The molecular weight excluding hydrogens is 309 g/mol. The van der Waals surface area contributed by atoms with Gasteiger partial charge in [-0.05, 0) is 47.0 Å². The number of tetrazole rings is 1. The third kappa shape index (κ3) is 2.76. The van der Waals surface area contributed by atoms with E-state index in [-0.39, 0.29) is 5.82 Å². The lowest BCUT2D eigenvalue weighted by molar-refractivity contribution is 0.233. The fourth-order valence-corrected chi connectivity index (χ4v) is 2.92. The smallest absolute Gasteiger partial charge is 0.170 e. The van der Waals surface area contributed by atoms with Crippen molar-refractivity contribution < 1.29 is 4.39 Å². The van der Waals surface area contributed by atoms with Gasteiger partial charge < -0.3 is 0 Å². The standard InChI is InChI=1S/C16H16FN7/c1-11-2-3-13(17)15(6-11)24-16(20-21-22-24)9-23-5-4-12-7-18-10-19-14(12)8-23/h2-3,6-7,10H,4-5,8-9H2,1H3. The minimum absolute atomic E-state index is 0.342. The van der Waals surface area contributed by atoms with E-state index in [2.05, 4.69) is 30.4 Å². The Bertz CT molecular complexity index is 876. The lowest BCUT2D eigenvalue weighted by atomic mass is 10.1. The minimum Gasteiger partial charge on any atom is -0.290 e.